The third kappa shape index (κ3) is 3.26. The summed E-state index contributed by atoms with van der Waals surface area (Å²) in [5, 5.41) is 0. The number of anilines is 1. The number of pyridine rings is 1. The Labute approximate surface area is 145 Å². The number of likely N-dealkylation sites (tertiary alicyclic amines) is 1. The maximum absolute atomic E-state index is 13.5. The predicted octanol–water partition coefficient (Wildman–Crippen LogP) is 3.01. The maximum Gasteiger partial charge on any atom is 0.233 e. The summed E-state index contributed by atoms with van der Waals surface area (Å²) in [6.45, 7) is 3.62. The third-order valence-corrected chi connectivity index (χ3v) is 4.89. The van der Waals surface area contributed by atoms with Gasteiger partial charge in [0.15, 0.2) is 0 Å². The van der Waals surface area contributed by atoms with Gasteiger partial charge in [-0.1, -0.05) is 0 Å². The van der Waals surface area contributed by atoms with Crippen LogP contribution in [0.4, 0.5) is 14.5 Å². The molecule has 0 unspecified atom stereocenters. The van der Waals surface area contributed by atoms with Gasteiger partial charge < -0.3 is 9.80 Å². The van der Waals surface area contributed by atoms with Crippen molar-refractivity contribution < 1.29 is 13.6 Å². The Kier molecular flexibility index (Phi) is 4.21. The van der Waals surface area contributed by atoms with E-state index in [2.05, 4.69) is 9.88 Å². The number of halogens is 2. The van der Waals surface area contributed by atoms with Gasteiger partial charge >= 0.3 is 0 Å². The monoisotopic (exact) mass is 343 g/mol. The summed E-state index contributed by atoms with van der Waals surface area (Å²) in [4.78, 5) is 20.8. The minimum absolute atomic E-state index is 0.0317. The largest absolute Gasteiger partial charge is 0.309 e. The molecule has 4 nitrogen and oxygen atoms in total. The van der Waals surface area contributed by atoms with Crippen LogP contribution in [0.25, 0.3) is 11.1 Å². The van der Waals surface area contributed by atoms with Gasteiger partial charge in [0, 0.05) is 30.9 Å². The first-order valence-electron chi connectivity index (χ1n) is 8.58. The summed E-state index contributed by atoms with van der Waals surface area (Å²) < 4.78 is 27.0. The average Bonchev–Trinajstić information content (AvgIpc) is 3.18. The van der Waals surface area contributed by atoms with Crippen LogP contribution in [0.15, 0.2) is 30.5 Å². The molecule has 6 heteroatoms. The standard InChI is InChI=1S/C19H19F2N3O/c20-15-7-13(8-16(21)10-15)14-9-18-17(22-12-14)11-19(25)24(18)6-5-23-3-1-2-4-23/h7-10,12H,1-6,11H2. The van der Waals surface area contributed by atoms with Crippen molar-refractivity contribution in [3.63, 3.8) is 0 Å². The topological polar surface area (TPSA) is 36.4 Å². The molecule has 0 radical (unpaired) electrons. The molecular formula is C19H19F2N3O. The molecule has 0 atom stereocenters. The van der Waals surface area contributed by atoms with Crippen LogP contribution >= 0.6 is 0 Å². The Morgan fingerprint density at radius 2 is 1.68 bits per heavy atom. The molecule has 130 valence electrons. The zero-order chi connectivity index (χ0) is 17.4. The van der Waals surface area contributed by atoms with Crippen LogP contribution in [-0.4, -0.2) is 42.0 Å². The van der Waals surface area contributed by atoms with Crippen LogP contribution < -0.4 is 4.90 Å². The lowest BCUT2D eigenvalue weighted by atomic mass is 10.1. The van der Waals surface area contributed by atoms with Crippen LogP contribution in [0.2, 0.25) is 0 Å². The second-order valence-electron chi connectivity index (χ2n) is 6.62. The van der Waals surface area contributed by atoms with Crippen molar-refractivity contribution in [3.8, 4) is 11.1 Å². The Balaban J connectivity index is 1.60. The fourth-order valence-corrected chi connectivity index (χ4v) is 3.60. The van der Waals surface area contributed by atoms with E-state index in [-0.39, 0.29) is 12.3 Å². The number of nitrogens with zero attached hydrogens (tertiary/aromatic N) is 3. The van der Waals surface area contributed by atoms with Gasteiger partial charge in [0.05, 0.1) is 17.8 Å². The number of fused-ring (bicyclic) bond motifs is 1. The predicted molar refractivity (Wildman–Crippen MR) is 91.3 cm³/mol. The highest BCUT2D eigenvalue weighted by atomic mass is 19.1. The maximum atomic E-state index is 13.5. The highest BCUT2D eigenvalue weighted by Gasteiger charge is 2.29. The van der Waals surface area contributed by atoms with Crippen molar-refractivity contribution in [2.24, 2.45) is 0 Å². The zero-order valence-corrected chi connectivity index (χ0v) is 13.8. The number of rotatable bonds is 4. The van der Waals surface area contributed by atoms with Crippen molar-refractivity contribution in [2.45, 2.75) is 19.3 Å². The molecule has 1 saturated heterocycles. The van der Waals surface area contributed by atoms with Gasteiger partial charge in [-0.3, -0.25) is 9.78 Å². The third-order valence-electron chi connectivity index (χ3n) is 4.89. The van der Waals surface area contributed by atoms with E-state index in [1.165, 1.54) is 25.0 Å². The Morgan fingerprint density at radius 1 is 0.960 bits per heavy atom. The molecule has 2 aliphatic rings. The summed E-state index contributed by atoms with van der Waals surface area (Å²) in [7, 11) is 0. The lowest BCUT2D eigenvalue weighted by Gasteiger charge is -2.22. The van der Waals surface area contributed by atoms with E-state index in [0.717, 1.165) is 37.1 Å². The minimum Gasteiger partial charge on any atom is -0.309 e. The highest BCUT2D eigenvalue weighted by molar-refractivity contribution is 6.01. The molecule has 0 spiro atoms. The summed E-state index contributed by atoms with van der Waals surface area (Å²) >= 11 is 0. The number of carbonyl (C=O) groups excluding carboxylic acids is 1. The van der Waals surface area contributed by atoms with E-state index in [1.807, 2.05) is 6.07 Å². The molecular weight excluding hydrogens is 324 g/mol. The molecule has 25 heavy (non-hydrogen) atoms. The molecule has 0 bridgehead atoms. The van der Waals surface area contributed by atoms with Crippen molar-refractivity contribution in [3.05, 3.63) is 47.8 Å². The minimum atomic E-state index is -0.627. The number of hydrogen-bond donors (Lipinski definition) is 0. The van der Waals surface area contributed by atoms with Crippen molar-refractivity contribution in [2.75, 3.05) is 31.1 Å². The molecule has 3 heterocycles. The van der Waals surface area contributed by atoms with E-state index in [0.29, 0.717) is 17.7 Å². The first-order valence-corrected chi connectivity index (χ1v) is 8.58. The van der Waals surface area contributed by atoms with E-state index in [9.17, 15) is 13.6 Å². The zero-order valence-electron chi connectivity index (χ0n) is 13.8. The summed E-state index contributed by atoms with van der Waals surface area (Å²) in [5.74, 6) is -1.22. The average molecular weight is 343 g/mol. The second-order valence-corrected chi connectivity index (χ2v) is 6.62. The van der Waals surface area contributed by atoms with Gasteiger partial charge in [-0.15, -0.1) is 0 Å². The van der Waals surface area contributed by atoms with Gasteiger partial charge in [0.25, 0.3) is 0 Å². The first kappa shape index (κ1) is 16.1. The lowest BCUT2D eigenvalue weighted by Crippen LogP contribution is -2.35. The molecule has 0 N–H and O–H groups in total. The molecule has 1 amide bonds. The molecule has 1 aromatic heterocycles. The molecule has 4 rings (SSSR count). The van der Waals surface area contributed by atoms with Crippen molar-refractivity contribution >= 4 is 11.6 Å². The Bertz CT molecular complexity index is 798. The fraction of sp³-hybridized carbons (Fsp3) is 0.368. The van der Waals surface area contributed by atoms with Crippen LogP contribution in [0.5, 0.6) is 0 Å². The summed E-state index contributed by atoms with van der Waals surface area (Å²) in [6.07, 6.45) is 4.28. The van der Waals surface area contributed by atoms with E-state index in [4.69, 9.17) is 0 Å². The molecule has 0 aliphatic carbocycles. The van der Waals surface area contributed by atoms with Crippen molar-refractivity contribution in [1.82, 2.24) is 9.88 Å². The van der Waals surface area contributed by atoms with Crippen LogP contribution in [0.3, 0.4) is 0 Å². The van der Waals surface area contributed by atoms with Crippen LogP contribution in [-0.2, 0) is 11.2 Å². The summed E-state index contributed by atoms with van der Waals surface area (Å²) in [6, 6.07) is 5.21. The summed E-state index contributed by atoms with van der Waals surface area (Å²) in [5.41, 5.74) is 2.52. The van der Waals surface area contributed by atoms with E-state index >= 15 is 0 Å². The highest BCUT2D eigenvalue weighted by Crippen LogP contribution is 2.32. The van der Waals surface area contributed by atoms with Gasteiger partial charge in [0.2, 0.25) is 5.91 Å². The van der Waals surface area contributed by atoms with Gasteiger partial charge in [-0.2, -0.15) is 0 Å². The first-order chi connectivity index (χ1) is 12.1. The van der Waals surface area contributed by atoms with Crippen LogP contribution in [0.1, 0.15) is 18.5 Å². The fourth-order valence-electron chi connectivity index (χ4n) is 3.60. The SMILES string of the molecule is O=C1Cc2ncc(-c3cc(F)cc(F)c3)cc2N1CCN1CCCC1. The van der Waals surface area contributed by atoms with Gasteiger partial charge in [-0.05, 0) is 49.7 Å². The lowest BCUT2D eigenvalue weighted by molar-refractivity contribution is -0.117. The van der Waals surface area contributed by atoms with E-state index in [1.54, 1.807) is 11.1 Å². The van der Waals surface area contributed by atoms with E-state index < -0.39 is 11.6 Å². The number of amides is 1. The molecule has 1 fully saturated rings. The van der Waals surface area contributed by atoms with Gasteiger partial charge in [0.1, 0.15) is 11.6 Å². The number of benzene rings is 1. The number of aromatic nitrogens is 1. The molecule has 1 aromatic carbocycles. The van der Waals surface area contributed by atoms with Crippen molar-refractivity contribution in [1.29, 1.82) is 0 Å². The normalized spacial score (nSPS) is 17.4. The smallest absolute Gasteiger partial charge is 0.233 e. The Hall–Kier alpha value is -2.34. The van der Waals surface area contributed by atoms with Crippen LogP contribution in [0, 0.1) is 11.6 Å². The molecule has 2 aromatic rings. The number of hydrogen-bond acceptors (Lipinski definition) is 3. The quantitative estimate of drug-likeness (QED) is 0.856. The molecule has 2 aliphatic heterocycles. The number of carbonyl (C=O) groups is 1. The molecule has 0 saturated carbocycles. The Morgan fingerprint density at radius 3 is 2.40 bits per heavy atom. The second kappa shape index (κ2) is 6.52. The van der Waals surface area contributed by atoms with Gasteiger partial charge in [-0.25, -0.2) is 8.78 Å².